The maximum Gasteiger partial charge on any atom is 0.414 e. The molecule has 0 radical (unpaired) electrons. The lowest BCUT2D eigenvalue weighted by atomic mass is 9.85. The molecule has 2 heterocycles. The van der Waals surface area contributed by atoms with Crippen LogP contribution in [0, 0.1) is 5.92 Å². The molecule has 0 unspecified atom stereocenters. The van der Waals surface area contributed by atoms with Crippen molar-refractivity contribution in [1.29, 1.82) is 0 Å². The van der Waals surface area contributed by atoms with Crippen LogP contribution in [0.15, 0.2) is 42.5 Å². The van der Waals surface area contributed by atoms with Crippen molar-refractivity contribution in [2.75, 3.05) is 12.0 Å². The van der Waals surface area contributed by atoms with Crippen molar-refractivity contribution in [3.63, 3.8) is 0 Å². The summed E-state index contributed by atoms with van der Waals surface area (Å²) in [4.78, 5) is 31.1. The maximum absolute atomic E-state index is 12.6. The number of ether oxygens (including phenoxy) is 1. The van der Waals surface area contributed by atoms with Gasteiger partial charge in [-0.1, -0.05) is 36.8 Å². The van der Waals surface area contributed by atoms with E-state index in [4.69, 9.17) is 9.72 Å². The molecule has 0 spiro atoms. The van der Waals surface area contributed by atoms with Crippen LogP contribution in [-0.2, 0) is 22.4 Å². The van der Waals surface area contributed by atoms with Crippen molar-refractivity contribution in [1.82, 2.24) is 9.55 Å². The van der Waals surface area contributed by atoms with Gasteiger partial charge in [-0.25, -0.2) is 9.78 Å². The zero-order valence-corrected chi connectivity index (χ0v) is 20.8. The van der Waals surface area contributed by atoms with Crippen LogP contribution in [-0.4, -0.2) is 45.0 Å². The predicted molar refractivity (Wildman–Crippen MR) is 136 cm³/mol. The minimum atomic E-state index is -0.847. The first-order valence-corrected chi connectivity index (χ1v) is 12.7. The van der Waals surface area contributed by atoms with Gasteiger partial charge in [-0.3, -0.25) is 9.69 Å². The van der Waals surface area contributed by atoms with Crippen LogP contribution in [0.3, 0.4) is 0 Å². The Bertz CT molecular complexity index is 1270. The molecule has 5 rings (SSSR count). The molecule has 2 aliphatic rings. The minimum Gasteiger partial charge on any atom is -0.481 e. The van der Waals surface area contributed by atoms with Gasteiger partial charge in [0.1, 0.15) is 11.9 Å². The quantitative estimate of drug-likeness (QED) is 0.518. The van der Waals surface area contributed by atoms with Gasteiger partial charge in [0.15, 0.2) is 0 Å². The van der Waals surface area contributed by atoms with E-state index in [9.17, 15) is 19.8 Å². The largest absolute Gasteiger partial charge is 0.481 e. The molecule has 1 amide bonds. The van der Waals surface area contributed by atoms with Crippen molar-refractivity contribution in [2.45, 2.75) is 70.1 Å². The van der Waals surface area contributed by atoms with Crippen molar-refractivity contribution in [3.05, 3.63) is 59.4 Å². The van der Waals surface area contributed by atoms with Crippen LogP contribution in [0.1, 0.15) is 68.1 Å². The third-order valence-corrected chi connectivity index (χ3v) is 7.78. The molecule has 0 saturated heterocycles. The lowest BCUT2D eigenvalue weighted by Crippen LogP contribution is -2.42. The number of imidazole rings is 1. The number of aliphatic carboxylic acids is 1. The Labute approximate surface area is 210 Å². The summed E-state index contributed by atoms with van der Waals surface area (Å²) in [5.74, 6) is -0.620. The molecule has 8 heteroatoms. The lowest BCUT2D eigenvalue weighted by molar-refractivity contribution is -0.143. The molecule has 2 N–H and O–H groups in total. The number of benzene rings is 2. The highest BCUT2D eigenvalue weighted by atomic mass is 16.5. The van der Waals surface area contributed by atoms with E-state index < -0.39 is 24.1 Å². The molecule has 8 nitrogen and oxygen atoms in total. The molecule has 1 aromatic heterocycles. The number of aliphatic hydroxyl groups is 1. The summed E-state index contributed by atoms with van der Waals surface area (Å²) in [7, 11) is 1.39. The minimum absolute atomic E-state index is 0.00213. The molecule has 1 fully saturated rings. The molecular formula is C28H33N3O5. The van der Waals surface area contributed by atoms with E-state index in [1.54, 1.807) is 4.90 Å². The van der Waals surface area contributed by atoms with Gasteiger partial charge in [0.25, 0.3) is 0 Å². The SMILES string of the molecule is COC(=O)N1c2ccc3c(nc([C@@H](O)Cc4ccccc4)n3[C@@H]3CCC[C@@H](C(=O)O)C3)c2CC[C@@H]1C. The number of anilines is 1. The van der Waals surface area contributed by atoms with Gasteiger partial charge in [-0.05, 0) is 56.7 Å². The summed E-state index contributed by atoms with van der Waals surface area (Å²) >= 11 is 0. The number of hydrogen-bond donors (Lipinski definition) is 2. The molecule has 4 atom stereocenters. The Hall–Kier alpha value is -3.39. The summed E-state index contributed by atoms with van der Waals surface area (Å²) in [6.45, 7) is 2.01. The first-order valence-electron chi connectivity index (χ1n) is 12.7. The van der Waals surface area contributed by atoms with Gasteiger partial charge in [0.05, 0.1) is 29.7 Å². The number of carboxylic acids is 1. The van der Waals surface area contributed by atoms with Crippen LogP contribution in [0.5, 0.6) is 0 Å². The number of carbonyl (C=O) groups excluding carboxylic acids is 1. The number of nitrogens with zero attached hydrogens (tertiary/aromatic N) is 3. The van der Waals surface area contributed by atoms with E-state index in [0.717, 1.165) is 53.5 Å². The number of aliphatic hydroxyl groups excluding tert-OH is 1. The summed E-state index contributed by atoms with van der Waals surface area (Å²) in [5, 5.41) is 21.1. The maximum atomic E-state index is 12.6. The smallest absolute Gasteiger partial charge is 0.414 e. The van der Waals surface area contributed by atoms with Gasteiger partial charge in [-0.2, -0.15) is 0 Å². The van der Waals surface area contributed by atoms with Crippen molar-refractivity contribution in [2.24, 2.45) is 5.92 Å². The zero-order valence-electron chi connectivity index (χ0n) is 20.8. The zero-order chi connectivity index (χ0) is 25.4. The second-order valence-corrected chi connectivity index (χ2v) is 10.1. The third kappa shape index (κ3) is 4.34. The molecular weight excluding hydrogens is 458 g/mol. The standard InChI is InChI=1S/C28H33N3O5/c1-17-11-12-21-22(30(17)28(35)36-2)13-14-23-25(21)29-26(24(32)15-18-7-4-3-5-8-18)31(23)20-10-6-9-19(16-20)27(33)34/h3-5,7-8,13-14,17,19-20,24,32H,6,9-12,15-16H2,1-2H3,(H,33,34)/t17-,19+,20+,24-/m0/s1. The number of aromatic nitrogens is 2. The number of aryl methyl sites for hydroxylation is 1. The number of carboxylic acid groups (broad SMARTS) is 1. The molecule has 0 bridgehead atoms. The van der Waals surface area contributed by atoms with Crippen molar-refractivity contribution >= 4 is 28.8 Å². The van der Waals surface area contributed by atoms with Gasteiger partial charge < -0.3 is 19.5 Å². The van der Waals surface area contributed by atoms with E-state index in [-0.39, 0.29) is 12.1 Å². The second-order valence-electron chi connectivity index (χ2n) is 10.1. The molecule has 36 heavy (non-hydrogen) atoms. The van der Waals surface area contributed by atoms with Crippen molar-refractivity contribution in [3.8, 4) is 0 Å². The van der Waals surface area contributed by atoms with E-state index >= 15 is 0 Å². The molecule has 3 aromatic rings. The van der Waals surface area contributed by atoms with E-state index in [0.29, 0.717) is 25.1 Å². The summed E-state index contributed by atoms with van der Waals surface area (Å²) < 4.78 is 7.14. The van der Waals surface area contributed by atoms with Gasteiger partial charge in [-0.15, -0.1) is 0 Å². The Morgan fingerprint density at radius 2 is 1.92 bits per heavy atom. The van der Waals surface area contributed by atoms with E-state index in [1.165, 1.54) is 7.11 Å². The number of hydrogen-bond acceptors (Lipinski definition) is 5. The monoisotopic (exact) mass is 491 g/mol. The van der Waals surface area contributed by atoms with Crippen LogP contribution in [0.4, 0.5) is 10.5 Å². The fourth-order valence-electron chi connectivity index (χ4n) is 5.96. The third-order valence-electron chi connectivity index (χ3n) is 7.78. The first kappa shape index (κ1) is 24.3. The molecule has 1 saturated carbocycles. The van der Waals surface area contributed by atoms with Crippen LogP contribution in [0.2, 0.25) is 0 Å². The van der Waals surface area contributed by atoms with Crippen molar-refractivity contribution < 1.29 is 24.5 Å². The second kappa shape index (κ2) is 9.93. The lowest BCUT2D eigenvalue weighted by Gasteiger charge is -2.34. The first-order chi connectivity index (χ1) is 17.4. The average Bonchev–Trinajstić information content (AvgIpc) is 3.29. The van der Waals surface area contributed by atoms with Crippen LogP contribution in [0.25, 0.3) is 11.0 Å². The Kier molecular flexibility index (Phi) is 6.71. The topological polar surface area (TPSA) is 105 Å². The van der Waals surface area contributed by atoms with Gasteiger partial charge in [0.2, 0.25) is 0 Å². The van der Waals surface area contributed by atoms with Crippen LogP contribution >= 0.6 is 0 Å². The Balaban J connectivity index is 1.64. The normalized spacial score (nSPS) is 22.8. The van der Waals surface area contributed by atoms with E-state index in [2.05, 4.69) is 4.57 Å². The number of rotatable bonds is 5. The number of methoxy groups -OCH3 is 1. The fraction of sp³-hybridized carbons (Fsp3) is 0.464. The highest BCUT2D eigenvalue weighted by Gasteiger charge is 2.35. The number of fused-ring (bicyclic) bond motifs is 3. The summed E-state index contributed by atoms with van der Waals surface area (Å²) in [6.07, 6.45) is 3.53. The highest BCUT2D eigenvalue weighted by Crippen LogP contribution is 2.41. The fourth-order valence-corrected chi connectivity index (χ4v) is 5.96. The van der Waals surface area contributed by atoms with Crippen LogP contribution < -0.4 is 4.90 Å². The Morgan fingerprint density at radius 1 is 1.14 bits per heavy atom. The molecule has 2 aromatic carbocycles. The molecule has 1 aliphatic carbocycles. The summed E-state index contributed by atoms with van der Waals surface area (Å²) in [6, 6.07) is 13.6. The predicted octanol–water partition coefficient (Wildman–Crippen LogP) is 5.04. The Morgan fingerprint density at radius 3 is 2.64 bits per heavy atom. The highest BCUT2D eigenvalue weighted by molar-refractivity contribution is 5.95. The van der Waals surface area contributed by atoms with Gasteiger partial charge in [0, 0.05) is 24.1 Å². The van der Waals surface area contributed by atoms with Gasteiger partial charge >= 0.3 is 12.1 Å². The van der Waals surface area contributed by atoms with E-state index in [1.807, 2.05) is 49.4 Å². The average molecular weight is 492 g/mol. The summed E-state index contributed by atoms with van der Waals surface area (Å²) in [5.41, 5.74) is 4.41. The molecule has 1 aliphatic heterocycles. The molecule has 190 valence electrons. The number of carbonyl (C=O) groups is 2. The number of amides is 1.